The van der Waals surface area contributed by atoms with Gasteiger partial charge in [0.15, 0.2) is 19.9 Å². The Labute approximate surface area is 108 Å². The van der Waals surface area contributed by atoms with E-state index in [-0.39, 0.29) is 6.67 Å². The molecular formula is C4H8N8O8. The molecule has 0 bridgehead atoms. The van der Waals surface area contributed by atoms with Gasteiger partial charge in [0.25, 0.3) is 0 Å². The number of nitrogens with zero attached hydrogens (tertiary/aromatic N) is 6. The third-order valence-electron chi connectivity index (χ3n) is 2.35. The number of hydrogen-bond donors (Lipinski definition) is 2. The van der Waals surface area contributed by atoms with Gasteiger partial charge in [-0.2, -0.15) is 0 Å². The third kappa shape index (κ3) is 2.19. The highest BCUT2D eigenvalue weighted by Gasteiger charge is 2.79. The van der Waals surface area contributed by atoms with E-state index in [2.05, 4.69) is 10.6 Å². The van der Waals surface area contributed by atoms with Crippen molar-refractivity contribution in [2.75, 3.05) is 20.0 Å². The van der Waals surface area contributed by atoms with Gasteiger partial charge in [0.05, 0.1) is 10.0 Å². The topological polar surface area (TPSA) is 203 Å². The van der Waals surface area contributed by atoms with Gasteiger partial charge in [-0.3, -0.25) is 30.9 Å². The van der Waals surface area contributed by atoms with Crippen molar-refractivity contribution in [3.8, 4) is 0 Å². The van der Waals surface area contributed by atoms with Crippen LogP contribution in [0.25, 0.3) is 0 Å². The summed E-state index contributed by atoms with van der Waals surface area (Å²) in [5.41, 5.74) is 0. The molecule has 20 heavy (non-hydrogen) atoms. The average Bonchev–Trinajstić information content (AvgIpc) is 2.26. The molecule has 1 aliphatic heterocycles. The predicted molar refractivity (Wildman–Crippen MR) is 55.3 cm³/mol. The number of rotatable bonds is 4. The van der Waals surface area contributed by atoms with Gasteiger partial charge >= 0.3 is 5.91 Å². The van der Waals surface area contributed by atoms with Crippen LogP contribution in [0.1, 0.15) is 0 Å². The molecule has 0 aliphatic carbocycles. The zero-order valence-electron chi connectivity index (χ0n) is 9.57. The highest BCUT2D eigenvalue weighted by molar-refractivity contribution is 4.63. The molecule has 1 saturated heterocycles. The molecular weight excluding hydrogens is 288 g/mol. The summed E-state index contributed by atoms with van der Waals surface area (Å²) in [6.07, 6.45) is 0. The van der Waals surface area contributed by atoms with Crippen molar-refractivity contribution in [1.29, 1.82) is 0 Å². The number of hydrogen-bond acceptors (Lipinski definition) is 10. The minimum absolute atomic E-state index is 0.180. The Morgan fingerprint density at radius 2 is 1.15 bits per heavy atom. The summed E-state index contributed by atoms with van der Waals surface area (Å²) in [5.74, 6) is -3.88. The van der Waals surface area contributed by atoms with E-state index in [0.29, 0.717) is 0 Å². The first-order valence-electron chi connectivity index (χ1n) is 4.80. The summed E-state index contributed by atoms with van der Waals surface area (Å²) >= 11 is 0. The Morgan fingerprint density at radius 3 is 1.40 bits per heavy atom. The van der Waals surface area contributed by atoms with E-state index < -0.39 is 49.2 Å². The molecule has 1 heterocycles. The van der Waals surface area contributed by atoms with Crippen molar-refractivity contribution >= 4 is 0 Å². The third-order valence-corrected chi connectivity index (χ3v) is 2.35. The first-order valence-corrected chi connectivity index (χ1v) is 4.80. The van der Waals surface area contributed by atoms with E-state index >= 15 is 0 Å². The first-order chi connectivity index (χ1) is 9.26. The van der Waals surface area contributed by atoms with Crippen molar-refractivity contribution in [2.24, 2.45) is 0 Å². The summed E-state index contributed by atoms with van der Waals surface area (Å²) in [5, 5.41) is 44.4. The lowest BCUT2D eigenvalue weighted by molar-refractivity contribution is -0.970. The van der Waals surface area contributed by atoms with Crippen LogP contribution in [0.3, 0.4) is 0 Å². The van der Waals surface area contributed by atoms with Gasteiger partial charge in [-0.25, -0.2) is 20.2 Å². The van der Waals surface area contributed by atoms with Crippen LogP contribution in [0.5, 0.6) is 0 Å². The molecule has 0 aromatic heterocycles. The van der Waals surface area contributed by atoms with Crippen molar-refractivity contribution in [3.63, 3.8) is 0 Å². The van der Waals surface area contributed by atoms with Crippen LogP contribution in [0, 0.1) is 40.5 Å². The standard InChI is InChI=1S/C4H8N8O8/c13-9(14)4(10(15)16)7(11(17)18)2-5-1-6-3-8(4)12(19)20/h5-6H,1-3H2. The van der Waals surface area contributed by atoms with Crippen LogP contribution >= 0.6 is 0 Å². The summed E-state index contributed by atoms with van der Waals surface area (Å²) in [7, 11) is 0. The van der Waals surface area contributed by atoms with Gasteiger partial charge in [0.2, 0.25) is 0 Å². The molecule has 0 amide bonds. The van der Waals surface area contributed by atoms with E-state index in [1.807, 2.05) is 0 Å². The SMILES string of the molecule is O=[N+]([O-])N1CNCNCN([N+](=O)[O-])C1([N+](=O)[O-])[N+](=O)[O-]. The second-order valence-corrected chi connectivity index (χ2v) is 3.38. The minimum atomic E-state index is -3.88. The Morgan fingerprint density at radius 1 is 0.800 bits per heavy atom. The fourth-order valence-electron chi connectivity index (χ4n) is 1.54. The van der Waals surface area contributed by atoms with Crippen molar-refractivity contribution < 1.29 is 19.9 Å². The van der Waals surface area contributed by atoms with E-state index in [9.17, 15) is 40.5 Å². The Balaban J connectivity index is 3.52. The van der Waals surface area contributed by atoms with Crippen LogP contribution in [-0.4, -0.2) is 55.8 Å². The van der Waals surface area contributed by atoms with Crippen LogP contribution in [-0.2, 0) is 0 Å². The van der Waals surface area contributed by atoms with Crippen LogP contribution in [0.15, 0.2) is 0 Å². The fraction of sp³-hybridized carbons (Fsp3) is 1.00. The largest absolute Gasteiger partial charge is 0.738 e. The zero-order chi connectivity index (χ0) is 15.5. The number of hydrazine groups is 2. The molecule has 0 spiro atoms. The molecule has 0 aromatic rings. The van der Waals surface area contributed by atoms with E-state index in [0.717, 1.165) is 0 Å². The molecule has 0 atom stereocenters. The molecule has 0 unspecified atom stereocenters. The maximum Gasteiger partial charge on any atom is 0.738 e. The maximum absolute atomic E-state index is 11.0. The highest BCUT2D eigenvalue weighted by atomic mass is 16.8. The normalized spacial score (nSPS) is 18.8. The number of nitro groups is 4. The zero-order valence-corrected chi connectivity index (χ0v) is 9.57. The highest BCUT2D eigenvalue weighted by Crippen LogP contribution is 2.22. The van der Waals surface area contributed by atoms with Crippen LogP contribution < -0.4 is 10.6 Å². The second-order valence-electron chi connectivity index (χ2n) is 3.38. The molecule has 1 fully saturated rings. The van der Waals surface area contributed by atoms with Crippen LogP contribution in [0.2, 0.25) is 0 Å². The van der Waals surface area contributed by atoms with Gasteiger partial charge in [0, 0.05) is 6.67 Å². The van der Waals surface area contributed by atoms with Crippen molar-refractivity contribution in [3.05, 3.63) is 40.5 Å². The van der Waals surface area contributed by atoms with Crippen LogP contribution in [0.4, 0.5) is 0 Å². The average molecular weight is 296 g/mol. The smallest absolute Gasteiger partial charge is 0.282 e. The van der Waals surface area contributed by atoms with E-state index in [1.54, 1.807) is 0 Å². The minimum Gasteiger partial charge on any atom is -0.282 e. The van der Waals surface area contributed by atoms with Gasteiger partial charge in [0.1, 0.15) is 13.3 Å². The second kappa shape index (κ2) is 5.40. The molecule has 1 rings (SSSR count). The Hall–Kier alpha value is -2.88. The monoisotopic (exact) mass is 296 g/mol. The quantitative estimate of drug-likeness (QED) is 0.306. The molecule has 112 valence electrons. The molecule has 16 nitrogen and oxygen atoms in total. The van der Waals surface area contributed by atoms with Crippen molar-refractivity contribution in [1.82, 2.24) is 20.7 Å². The Kier molecular flexibility index (Phi) is 4.10. The van der Waals surface area contributed by atoms with E-state index in [1.165, 1.54) is 0 Å². The summed E-state index contributed by atoms with van der Waals surface area (Å²) < 4.78 is 0. The Bertz CT molecular complexity index is 412. The molecule has 0 aromatic carbocycles. The summed E-state index contributed by atoms with van der Waals surface area (Å²) in [4.78, 5) is 40.3. The van der Waals surface area contributed by atoms with Gasteiger partial charge < -0.3 is 0 Å². The maximum atomic E-state index is 11.0. The summed E-state index contributed by atoms with van der Waals surface area (Å²) in [6, 6.07) is 0. The molecule has 16 heteroatoms. The molecule has 0 radical (unpaired) electrons. The number of nitrogens with one attached hydrogen (secondary N) is 2. The first kappa shape index (κ1) is 15.2. The van der Waals surface area contributed by atoms with E-state index in [4.69, 9.17) is 0 Å². The predicted octanol–water partition coefficient (Wildman–Crippen LogP) is -2.80. The molecule has 2 N–H and O–H groups in total. The van der Waals surface area contributed by atoms with Gasteiger partial charge in [-0.1, -0.05) is 0 Å². The van der Waals surface area contributed by atoms with Gasteiger partial charge in [-0.15, -0.1) is 0 Å². The molecule has 0 saturated carbocycles. The fourth-order valence-corrected chi connectivity index (χ4v) is 1.54. The lowest BCUT2D eigenvalue weighted by atomic mass is 10.5. The van der Waals surface area contributed by atoms with Gasteiger partial charge in [-0.05, 0) is 0 Å². The summed E-state index contributed by atoms with van der Waals surface area (Å²) in [6.45, 7) is -2.08. The lowest BCUT2D eigenvalue weighted by Gasteiger charge is -2.27. The van der Waals surface area contributed by atoms with Crippen molar-refractivity contribution in [2.45, 2.75) is 5.91 Å². The molecule has 1 aliphatic rings. The lowest BCUT2D eigenvalue weighted by Crippen LogP contribution is -2.76.